The molecule has 0 unspecified atom stereocenters. The van der Waals surface area contributed by atoms with Crippen LogP contribution in [0.4, 0.5) is 0 Å². The minimum absolute atomic E-state index is 0.393. The zero-order chi connectivity index (χ0) is 6.69. The van der Waals surface area contributed by atoms with Crippen LogP contribution in [0.5, 0.6) is 0 Å². The lowest BCUT2D eigenvalue weighted by Crippen LogP contribution is -1.78. The van der Waals surface area contributed by atoms with E-state index in [0.717, 1.165) is 10.2 Å². The van der Waals surface area contributed by atoms with Gasteiger partial charge in [0.05, 0.1) is 22.7 Å². The molecule has 0 radical (unpaired) electrons. The molecule has 4 heteroatoms. The van der Waals surface area contributed by atoms with Crippen molar-refractivity contribution in [3.05, 3.63) is 15.5 Å². The molecule has 0 fully saturated rings. The van der Waals surface area contributed by atoms with Crippen LogP contribution in [0.3, 0.4) is 0 Å². The Hall–Kier alpha value is -0.400. The zero-order valence-electron chi connectivity index (χ0n) is 4.47. The van der Waals surface area contributed by atoms with E-state index in [1.807, 2.05) is 11.4 Å². The average Bonchev–Trinajstić information content (AvgIpc) is 2.18. The van der Waals surface area contributed by atoms with Gasteiger partial charge in [0.25, 0.3) is 0 Å². The summed E-state index contributed by atoms with van der Waals surface area (Å²) in [5, 5.41) is 10.1. The maximum atomic E-state index is 8.26. The van der Waals surface area contributed by atoms with Crippen LogP contribution < -0.4 is 0 Å². The molecule has 0 amide bonds. The highest BCUT2D eigenvalue weighted by atomic mass is 79.9. The molecule has 0 bridgehead atoms. The number of halogens is 1. The summed E-state index contributed by atoms with van der Waals surface area (Å²) in [5.41, 5.74) is 0.836. The smallest absolute Gasteiger partial charge is 0.0824 e. The largest absolute Gasteiger partial charge is 0.198 e. The second-order valence-corrected chi connectivity index (χ2v) is 2.93. The zero-order valence-corrected chi connectivity index (χ0v) is 6.87. The van der Waals surface area contributed by atoms with E-state index < -0.39 is 0 Å². The Kier molecular flexibility index (Phi) is 2.20. The standard InChI is InChI=1S/C5H3BrN2S/c6-4-3-9-8-5(4)1-2-7/h3H,1H2. The first-order chi connectivity index (χ1) is 4.34. The van der Waals surface area contributed by atoms with E-state index >= 15 is 0 Å². The van der Waals surface area contributed by atoms with Gasteiger partial charge in [-0.3, -0.25) is 0 Å². The Morgan fingerprint density at radius 2 is 2.67 bits per heavy atom. The lowest BCUT2D eigenvalue weighted by molar-refractivity contribution is 1.18. The maximum Gasteiger partial charge on any atom is 0.0824 e. The molecule has 0 N–H and O–H groups in total. The van der Waals surface area contributed by atoms with Crippen molar-refractivity contribution in [3.8, 4) is 6.07 Å². The molecular formula is C5H3BrN2S. The highest BCUT2D eigenvalue weighted by molar-refractivity contribution is 9.10. The maximum absolute atomic E-state index is 8.26. The molecule has 1 aromatic rings. The van der Waals surface area contributed by atoms with Crippen molar-refractivity contribution < 1.29 is 0 Å². The van der Waals surface area contributed by atoms with Crippen LogP contribution in [0.1, 0.15) is 5.69 Å². The predicted octanol–water partition coefficient (Wildman–Crippen LogP) is 1.97. The number of nitriles is 1. The van der Waals surface area contributed by atoms with Crippen LogP contribution in [0.2, 0.25) is 0 Å². The molecule has 0 aliphatic rings. The third-order valence-electron chi connectivity index (χ3n) is 0.841. The summed E-state index contributed by atoms with van der Waals surface area (Å²) in [5.74, 6) is 0. The van der Waals surface area contributed by atoms with Gasteiger partial charge in [0.2, 0.25) is 0 Å². The topological polar surface area (TPSA) is 36.7 Å². The molecular weight excluding hydrogens is 200 g/mol. The van der Waals surface area contributed by atoms with E-state index in [0.29, 0.717) is 6.42 Å². The van der Waals surface area contributed by atoms with Gasteiger partial charge in [-0.1, -0.05) is 0 Å². The lowest BCUT2D eigenvalue weighted by atomic mass is 10.3. The van der Waals surface area contributed by atoms with Crippen LogP contribution >= 0.6 is 27.5 Å². The number of rotatable bonds is 1. The van der Waals surface area contributed by atoms with Gasteiger partial charge in [-0.15, -0.1) is 0 Å². The van der Waals surface area contributed by atoms with E-state index in [2.05, 4.69) is 20.3 Å². The van der Waals surface area contributed by atoms with E-state index in [9.17, 15) is 0 Å². The molecule has 0 saturated carbocycles. The average molecular weight is 203 g/mol. The number of aromatic nitrogens is 1. The molecule has 0 aliphatic carbocycles. The van der Waals surface area contributed by atoms with E-state index in [1.165, 1.54) is 11.5 Å². The Bertz CT molecular complexity index is 237. The van der Waals surface area contributed by atoms with E-state index in [1.54, 1.807) is 0 Å². The molecule has 9 heavy (non-hydrogen) atoms. The predicted molar refractivity (Wildman–Crippen MR) is 39.1 cm³/mol. The van der Waals surface area contributed by atoms with Gasteiger partial charge < -0.3 is 0 Å². The molecule has 0 aromatic carbocycles. The summed E-state index contributed by atoms with van der Waals surface area (Å²) in [6.07, 6.45) is 0.393. The van der Waals surface area contributed by atoms with Crippen LogP contribution in [-0.4, -0.2) is 4.37 Å². The summed E-state index contributed by atoms with van der Waals surface area (Å²) < 4.78 is 4.92. The fourth-order valence-electron chi connectivity index (χ4n) is 0.439. The normalized spacial score (nSPS) is 8.89. The van der Waals surface area contributed by atoms with Gasteiger partial charge in [0.15, 0.2) is 0 Å². The first-order valence-corrected chi connectivity index (χ1v) is 3.93. The molecule has 0 saturated heterocycles. The third kappa shape index (κ3) is 1.50. The highest BCUT2D eigenvalue weighted by Crippen LogP contribution is 2.17. The number of nitrogens with zero attached hydrogens (tertiary/aromatic N) is 2. The Morgan fingerprint density at radius 3 is 3.11 bits per heavy atom. The van der Waals surface area contributed by atoms with Gasteiger partial charge in [0.1, 0.15) is 0 Å². The van der Waals surface area contributed by atoms with Crippen LogP contribution in [0, 0.1) is 11.3 Å². The SMILES string of the molecule is N#CCc1nscc1Br. The molecule has 46 valence electrons. The summed E-state index contributed by atoms with van der Waals surface area (Å²) in [4.78, 5) is 0. The van der Waals surface area contributed by atoms with Gasteiger partial charge >= 0.3 is 0 Å². The summed E-state index contributed by atoms with van der Waals surface area (Å²) in [6, 6.07) is 2.03. The fourth-order valence-corrected chi connectivity index (χ4v) is 1.61. The Labute approximate surface area is 65.4 Å². The van der Waals surface area contributed by atoms with Gasteiger partial charge in [-0.05, 0) is 27.5 Å². The van der Waals surface area contributed by atoms with Crippen LogP contribution in [-0.2, 0) is 6.42 Å². The Balaban J connectivity index is 2.84. The van der Waals surface area contributed by atoms with Gasteiger partial charge in [-0.2, -0.15) is 9.64 Å². The van der Waals surface area contributed by atoms with Crippen molar-refractivity contribution in [2.24, 2.45) is 0 Å². The van der Waals surface area contributed by atoms with Crippen molar-refractivity contribution in [3.63, 3.8) is 0 Å². The monoisotopic (exact) mass is 202 g/mol. The molecule has 0 atom stereocenters. The minimum Gasteiger partial charge on any atom is -0.198 e. The van der Waals surface area contributed by atoms with Crippen LogP contribution in [0.25, 0.3) is 0 Å². The fraction of sp³-hybridized carbons (Fsp3) is 0.200. The first-order valence-electron chi connectivity index (χ1n) is 2.30. The van der Waals surface area contributed by atoms with E-state index in [-0.39, 0.29) is 0 Å². The van der Waals surface area contributed by atoms with Crippen molar-refractivity contribution in [2.45, 2.75) is 6.42 Å². The van der Waals surface area contributed by atoms with Gasteiger partial charge in [-0.25, -0.2) is 0 Å². The summed E-state index contributed by atoms with van der Waals surface area (Å²) in [7, 11) is 0. The lowest BCUT2D eigenvalue weighted by Gasteiger charge is -1.82. The van der Waals surface area contributed by atoms with Gasteiger partial charge in [0, 0.05) is 5.38 Å². The highest BCUT2D eigenvalue weighted by Gasteiger charge is 1.99. The molecule has 1 heterocycles. The quantitative estimate of drug-likeness (QED) is 0.699. The molecule has 1 aromatic heterocycles. The number of hydrogen-bond donors (Lipinski definition) is 0. The minimum atomic E-state index is 0.393. The second-order valence-electron chi connectivity index (χ2n) is 1.44. The second kappa shape index (κ2) is 2.95. The molecule has 1 rings (SSSR count). The third-order valence-corrected chi connectivity index (χ3v) is 2.50. The number of hydrogen-bond acceptors (Lipinski definition) is 3. The van der Waals surface area contributed by atoms with Crippen molar-refractivity contribution >= 4 is 27.5 Å². The van der Waals surface area contributed by atoms with Crippen molar-refractivity contribution in [1.29, 1.82) is 5.26 Å². The van der Waals surface area contributed by atoms with Crippen LogP contribution in [0.15, 0.2) is 9.85 Å². The van der Waals surface area contributed by atoms with E-state index in [4.69, 9.17) is 5.26 Å². The molecule has 0 aliphatic heterocycles. The summed E-state index contributed by atoms with van der Waals surface area (Å²) in [6.45, 7) is 0. The van der Waals surface area contributed by atoms with Crippen molar-refractivity contribution in [2.75, 3.05) is 0 Å². The summed E-state index contributed by atoms with van der Waals surface area (Å²) >= 11 is 4.62. The molecule has 0 spiro atoms. The van der Waals surface area contributed by atoms with Crippen molar-refractivity contribution in [1.82, 2.24) is 4.37 Å². The first kappa shape index (κ1) is 6.72. The molecule has 2 nitrogen and oxygen atoms in total. The Morgan fingerprint density at radius 1 is 1.89 bits per heavy atom.